The number of methoxy groups -OCH3 is 1. The number of hydrogen-bond acceptors (Lipinski definition) is 4. The average molecular weight is 221 g/mol. The third-order valence-corrected chi connectivity index (χ3v) is 2.05. The van der Waals surface area contributed by atoms with E-state index < -0.39 is 11.6 Å². The van der Waals surface area contributed by atoms with Gasteiger partial charge in [-0.15, -0.1) is 0 Å². The van der Waals surface area contributed by atoms with Crippen LogP contribution >= 0.6 is 0 Å². The third-order valence-electron chi connectivity index (χ3n) is 2.05. The lowest BCUT2D eigenvalue weighted by Crippen LogP contribution is -2.06. The summed E-state index contributed by atoms with van der Waals surface area (Å²) in [5, 5.41) is 5.91. The van der Waals surface area contributed by atoms with Crippen LogP contribution < -0.4 is 4.74 Å². The summed E-state index contributed by atoms with van der Waals surface area (Å²) >= 11 is 0. The molecule has 16 heavy (non-hydrogen) atoms. The predicted octanol–water partition coefficient (Wildman–Crippen LogP) is 1.18. The van der Waals surface area contributed by atoms with Gasteiger partial charge < -0.3 is 4.74 Å². The Kier molecular flexibility index (Phi) is 2.63. The number of aromatic amines is 1. The molecule has 0 bridgehead atoms. The Labute approximate surface area is 90.3 Å². The Morgan fingerprint density at radius 1 is 1.50 bits per heavy atom. The predicted molar refractivity (Wildman–Crippen MR) is 52.8 cm³/mol. The Hall–Kier alpha value is -2.24. The van der Waals surface area contributed by atoms with Crippen molar-refractivity contribution in [1.29, 1.82) is 0 Å². The van der Waals surface area contributed by atoms with E-state index in [9.17, 15) is 9.18 Å². The van der Waals surface area contributed by atoms with E-state index in [0.29, 0.717) is 5.75 Å². The van der Waals surface area contributed by atoms with Gasteiger partial charge in [-0.2, -0.15) is 5.10 Å². The highest BCUT2D eigenvalue weighted by molar-refractivity contribution is 6.06. The molecule has 0 atom stereocenters. The number of nitrogens with zero attached hydrogens (tertiary/aromatic N) is 2. The zero-order chi connectivity index (χ0) is 11.5. The maximum absolute atomic E-state index is 13.5. The fraction of sp³-hybridized carbons (Fsp3) is 0.100. The van der Waals surface area contributed by atoms with Crippen LogP contribution in [-0.2, 0) is 0 Å². The monoisotopic (exact) mass is 221 g/mol. The van der Waals surface area contributed by atoms with Crippen LogP contribution in [0.5, 0.6) is 5.75 Å². The molecule has 0 aliphatic carbocycles. The second-order valence-corrected chi connectivity index (χ2v) is 3.01. The second kappa shape index (κ2) is 4.09. The SMILES string of the molecule is COc1ccc(C(=O)c2ncn[nH]2)c(F)c1. The van der Waals surface area contributed by atoms with Crippen LogP contribution in [0.3, 0.4) is 0 Å². The standard InChI is InChI=1S/C10H8FN3O2/c1-16-6-2-3-7(8(11)4-6)9(15)10-12-5-13-14-10/h2-5H,1H3,(H,12,13,14). The molecule has 6 heteroatoms. The molecule has 0 saturated carbocycles. The number of nitrogens with one attached hydrogen (secondary N) is 1. The molecule has 0 amide bonds. The number of rotatable bonds is 3. The summed E-state index contributed by atoms with van der Waals surface area (Å²) in [6.45, 7) is 0. The first kappa shape index (κ1) is 10.3. The highest BCUT2D eigenvalue weighted by Crippen LogP contribution is 2.17. The van der Waals surface area contributed by atoms with Gasteiger partial charge >= 0.3 is 0 Å². The number of ketones is 1. The van der Waals surface area contributed by atoms with Crippen LogP contribution in [-0.4, -0.2) is 28.1 Å². The van der Waals surface area contributed by atoms with Crippen molar-refractivity contribution in [2.24, 2.45) is 0 Å². The summed E-state index contributed by atoms with van der Waals surface area (Å²) in [6, 6.07) is 4.00. The molecule has 1 heterocycles. The minimum Gasteiger partial charge on any atom is -0.497 e. The topological polar surface area (TPSA) is 67.9 Å². The molecule has 0 saturated heterocycles. The Balaban J connectivity index is 2.38. The maximum Gasteiger partial charge on any atom is 0.232 e. The van der Waals surface area contributed by atoms with Crippen molar-refractivity contribution in [2.45, 2.75) is 0 Å². The van der Waals surface area contributed by atoms with Gasteiger partial charge in [0.1, 0.15) is 17.9 Å². The molecule has 2 aromatic rings. The molecule has 1 aromatic carbocycles. The summed E-state index contributed by atoms with van der Waals surface area (Å²) in [7, 11) is 1.42. The van der Waals surface area contributed by atoms with Gasteiger partial charge in [0.2, 0.25) is 5.78 Å². The van der Waals surface area contributed by atoms with E-state index in [1.165, 1.54) is 25.6 Å². The number of H-pyrrole nitrogens is 1. The molecular formula is C10H8FN3O2. The zero-order valence-corrected chi connectivity index (χ0v) is 8.40. The van der Waals surface area contributed by atoms with Crippen LogP contribution in [0.2, 0.25) is 0 Å². The lowest BCUT2D eigenvalue weighted by molar-refractivity contribution is 0.102. The first-order valence-corrected chi connectivity index (χ1v) is 4.46. The van der Waals surface area contributed by atoms with Gasteiger partial charge in [0.05, 0.1) is 12.7 Å². The second-order valence-electron chi connectivity index (χ2n) is 3.01. The lowest BCUT2D eigenvalue weighted by Gasteiger charge is -2.02. The highest BCUT2D eigenvalue weighted by Gasteiger charge is 2.16. The molecule has 0 unspecified atom stereocenters. The number of benzene rings is 1. The molecule has 0 fully saturated rings. The molecule has 1 aromatic heterocycles. The molecule has 0 aliphatic heterocycles. The number of aromatic nitrogens is 3. The fourth-order valence-corrected chi connectivity index (χ4v) is 1.25. The van der Waals surface area contributed by atoms with Gasteiger partial charge in [-0.1, -0.05) is 0 Å². The number of carbonyl (C=O) groups excluding carboxylic acids is 1. The zero-order valence-electron chi connectivity index (χ0n) is 8.40. The summed E-state index contributed by atoms with van der Waals surface area (Å²) in [5.74, 6) is -0.839. The molecule has 0 spiro atoms. The van der Waals surface area contributed by atoms with Gasteiger partial charge in [-0.05, 0) is 12.1 Å². The van der Waals surface area contributed by atoms with E-state index >= 15 is 0 Å². The lowest BCUT2D eigenvalue weighted by atomic mass is 10.1. The normalized spacial score (nSPS) is 10.1. The Bertz CT molecular complexity index is 511. The fourth-order valence-electron chi connectivity index (χ4n) is 1.25. The molecular weight excluding hydrogens is 213 g/mol. The van der Waals surface area contributed by atoms with Crippen molar-refractivity contribution >= 4 is 5.78 Å². The van der Waals surface area contributed by atoms with Crippen LogP contribution in [0, 0.1) is 5.82 Å². The molecule has 1 N–H and O–H groups in total. The highest BCUT2D eigenvalue weighted by atomic mass is 19.1. The molecule has 0 radical (unpaired) electrons. The van der Waals surface area contributed by atoms with Crippen molar-refractivity contribution < 1.29 is 13.9 Å². The van der Waals surface area contributed by atoms with Gasteiger partial charge in [0.25, 0.3) is 0 Å². The van der Waals surface area contributed by atoms with E-state index in [0.717, 1.165) is 6.07 Å². The van der Waals surface area contributed by atoms with Gasteiger partial charge in [-0.3, -0.25) is 9.89 Å². The summed E-state index contributed by atoms with van der Waals surface area (Å²) in [5.41, 5.74) is -0.0717. The molecule has 5 nitrogen and oxygen atoms in total. The van der Waals surface area contributed by atoms with E-state index in [4.69, 9.17) is 4.74 Å². The Morgan fingerprint density at radius 2 is 2.31 bits per heavy atom. The molecule has 2 rings (SSSR count). The minimum absolute atomic E-state index is 0.00377. The number of halogens is 1. The number of hydrogen-bond donors (Lipinski definition) is 1. The first-order valence-electron chi connectivity index (χ1n) is 4.46. The quantitative estimate of drug-likeness (QED) is 0.790. The smallest absolute Gasteiger partial charge is 0.232 e. The van der Waals surface area contributed by atoms with Crippen molar-refractivity contribution in [3.63, 3.8) is 0 Å². The van der Waals surface area contributed by atoms with E-state index in [1.54, 1.807) is 0 Å². The van der Waals surface area contributed by atoms with Crippen LogP contribution in [0.15, 0.2) is 24.5 Å². The molecule has 0 aliphatic rings. The number of ether oxygens (including phenoxy) is 1. The summed E-state index contributed by atoms with van der Waals surface area (Å²) in [4.78, 5) is 15.4. The molecule has 82 valence electrons. The third kappa shape index (κ3) is 1.77. The maximum atomic E-state index is 13.5. The van der Waals surface area contributed by atoms with Gasteiger partial charge in [0.15, 0.2) is 5.82 Å². The van der Waals surface area contributed by atoms with Crippen molar-refractivity contribution in [3.8, 4) is 5.75 Å². The van der Waals surface area contributed by atoms with Crippen molar-refractivity contribution in [3.05, 3.63) is 41.7 Å². The average Bonchev–Trinajstić information content (AvgIpc) is 2.81. The van der Waals surface area contributed by atoms with Crippen LogP contribution in [0.25, 0.3) is 0 Å². The minimum atomic E-state index is -0.652. The van der Waals surface area contributed by atoms with Crippen LogP contribution in [0.1, 0.15) is 16.2 Å². The van der Waals surface area contributed by atoms with Gasteiger partial charge in [0, 0.05) is 6.07 Å². The van der Waals surface area contributed by atoms with Crippen molar-refractivity contribution in [2.75, 3.05) is 7.11 Å². The first-order chi connectivity index (χ1) is 7.72. The van der Waals surface area contributed by atoms with Crippen molar-refractivity contribution in [1.82, 2.24) is 15.2 Å². The van der Waals surface area contributed by atoms with E-state index in [2.05, 4.69) is 15.2 Å². The number of carbonyl (C=O) groups is 1. The Morgan fingerprint density at radius 3 is 2.88 bits per heavy atom. The van der Waals surface area contributed by atoms with Gasteiger partial charge in [-0.25, -0.2) is 9.37 Å². The largest absolute Gasteiger partial charge is 0.497 e. The summed E-state index contributed by atoms with van der Waals surface area (Å²) < 4.78 is 18.3. The van der Waals surface area contributed by atoms with Crippen LogP contribution in [0.4, 0.5) is 4.39 Å². The van der Waals surface area contributed by atoms with E-state index in [1.807, 2.05) is 0 Å². The summed E-state index contributed by atoms with van der Waals surface area (Å²) in [6.07, 6.45) is 1.19. The van der Waals surface area contributed by atoms with E-state index in [-0.39, 0.29) is 11.4 Å².